The molecule has 2 aromatic rings. The fourth-order valence-electron chi connectivity index (χ4n) is 3.44. The number of hydrogen-bond acceptors (Lipinski definition) is 3. The van der Waals surface area contributed by atoms with Gasteiger partial charge in [-0.05, 0) is 56.4 Å². The number of nitrogens with zero attached hydrogens (tertiary/aromatic N) is 2. The van der Waals surface area contributed by atoms with E-state index in [0.717, 1.165) is 0 Å². The van der Waals surface area contributed by atoms with Crippen LogP contribution in [0.2, 0.25) is 5.02 Å². The summed E-state index contributed by atoms with van der Waals surface area (Å²) in [7, 11) is 3.80. The van der Waals surface area contributed by atoms with Gasteiger partial charge in [0.05, 0.1) is 12.1 Å². The van der Waals surface area contributed by atoms with Gasteiger partial charge in [-0.2, -0.15) is 0 Å². The van der Waals surface area contributed by atoms with E-state index in [4.69, 9.17) is 11.6 Å². The average molecular weight is 377 g/mol. The Bertz CT molecular complexity index is 810. The fourth-order valence-corrected chi connectivity index (χ4v) is 3.61. The Balaban J connectivity index is 1.75. The third-order valence-electron chi connectivity index (χ3n) is 4.60. The van der Waals surface area contributed by atoms with Crippen LogP contribution in [0.5, 0.6) is 0 Å². The van der Waals surface area contributed by atoms with E-state index in [9.17, 15) is 14.3 Å². The smallest absolute Gasteiger partial charge is 0.253 e. The number of rotatable bonds is 4. The highest BCUT2D eigenvalue weighted by Gasteiger charge is 2.38. The van der Waals surface area contributed by atoms with Gasteiger partial charge in [0.2, 0.25) is 0 Å². The molecule has 1 heterocycles. The molecular weight excluding hydrogens is 355 g/mol. The van der Waals surface area contributed by atoms with E-state index in [2.05, 4.69) is 0 Å². The third-order valence-corrected chi connectivity index (χ3v) is 4.84. The lowest BCUT2D eigenvalue weighted by Crippen LogP contribution is -2.43. The van der Waals surface area contributed by atoms with E-state index in [-0.39, 0.29) is 11.7 Å². The summed E-state index contributed by atoms with van der Waals surface area (Å²) in [6, 6.07) is 11.2. The van der Waals surface area contributed by atoms with E-state index < -0.39 is 5.60 Å². The van der Waals surface area contributed by atoms with Crippen LogP contribution in [0.4, 0.5) is 4.39 Å². The molecule has 0 saturated carbocycles. The molecule has 26 heavy (non-hydrogen) atoms. The second kappa shape index (κ2) is 7.35. The van der Waals surface area contributed by atoms with E-state index in [1.165, 1.54) is 12.1 Å². The molecule has 0 radical (unpaired) electrons. The monoisotopic (exact) mass is 376 g/mol. The first-order valence-corrected chi connectivity index (χ1v) is 8.87. The number of amides is 1. The predicted octanol–water partition coefficient (Wildman–Crippen LogP) is 3.28. The molecule has 1 aliphatic heterocycles. The van der Waals surface area contributed by atoms with E-state index in [1.807, 2.05) is 19.0 Å². The lowest BCUT2D eigenvalue weighted by atomic mass is 10.0. The predicted molar refractivity (Wildman–Crippen MR) is 101 cm³/mol. The highest BCUT2D eigenvalue weighted by atomic mass is 35.5. The minimum atomic E-state index is -0.872. The van der Waals surface area contributed by atoms with Gasteiger partial charge in [0.15, 0.2) is 0 Å². The Morgan fingerprint density at radius 1 is 1.27 bits per heavy atom. The van der Waals surface area contributed by atoms with Crippen molar-refractivity contribution < 1.29 is 14.3 Å². The standard InChI is InChI=1S/C20H22ClFN2O2/c1-23(2)12-20(26)9-10-24(13-20)19(25)15-5-3-14(4-6-15)17-11-16(21)7-8-18(17)22/h3-8,11,26H,9-10,12-13H2,1-2H3/t20-/m0/s1. The number of hydrogen-bond donors (Lipinski definition) is 1. The number of halogens is 2. The zero-order chi connectivity index (χ0) is 18.9. The van der Waals surface area contributed by atoms with Gasteiger partial charge in [-0.25, -0.2) is 4.39 Å². The van der Waals surface area contributed by atoms with Crippen LogP contribution in [-0.4, -0.2) is 60.1 Å². The van der Waals surface area contributed by atoms with Gasteiger partial charge in [-0.15, -0.1) is 0 Å². The fraction of sp³-hybridized carbons (Fsp3) is 0.350. The summed E-state index contributed by atoms with van der Waals surface area (Å²) >= 11 is 5.94. The van der Waals surface area contributed by atoms with E-state index in [1.54, 1.807) is 35.2 Å². The highest BCUT2D eigenvalue weighted by molar-refractivity contribution is 6.30. The van der Waals surface area contributed by atoms with Gasteiger partial charge in [0.1, 0.15) is 5.82 Å². The van der Waals surface area contributed by atoms with Crippen LogP contribution < -0.4 is 0 Å². The van der Waals surface area contributed by atoms with E-state index in [0.29, 0.717) is 47.8 Å². The van der Waals surface area contributed by atoms with Crippen LogP contribution in [0.15, 0.2) is 42.5 Å². The SMILES string of the molecule is CN(C)C[C@@]1(O)CCN(C(=O)c2ccc(-c3cc(Cl)ccc3F)cc2)C1. The zero-order valence-corrected chi connectivity index (χ0v) is 15.6. The number of carbonyl (C=O) groups is 1. The van der Waals surface area contributed by atoms with Gasteiger partial charge in [-0.1, -0.05) is 23.7 Å². The first kappa shape index (κ1) is 18.8. The van der Waals surface area contributed by atoms with Crippen LogP contribution in [0.1, 0.15) is 16.8 Å². The Hall–Kier alpha value is -1.95. The molecule has 0 bridgehead atoms. The Labute approximate surface area is 157 Å². The number of likely N-dealkylation sites (tertiary alicyclic amines) is 1. The topological polar surface area (TPSA) is 43.8 Å². The van der Waals surface area contributed by atoms with Crippen LogP contribution >= 0.6 is 11.6 Å². The molecule has 6 heteroatoms. The Morgan fingerprint density at radius 2 is 1.96 bits per heavy atom. The first-order chi connectivity index (χ1) is 12.3. The molecule has 0 aromatic heterocycles. The molecule has 138 valence electrons. The van der Waals surface area contributed by atoms with Crippen molar-refractivity contribution in [1.29, 1.82) is 0 Å². The zero-order valence-electron chi connectivity index (χ0n) is 14.9. The van der Waals surface area contributed by atoms with Crippen LogP contribution in [-0.2, 0) is 0 Å². The number of benzene rings is 2. The van der Waals surface area contributed by atoms with Crippen molar-refractivity contribution in [3.8, 4) is 11.1 Å². The largest absolute Gasteiger partial charge is 0.387 e. The molecule has 0 aliphatic carbocycles. The summed E-state index contributed by atoms with van der Waals surface area (Å²) in [5.41, 5.74) is 0.707. The van der Waals surface area contributed by atoms with Crippen LogP contribution in [0.3, 0.4) is 0 Å². The third kappa shape index (κ3) is 4.06. The van der Waals surface area contributed by atoms with Gasteiger partial charge < -0.3 is 14.9 Å². The summed E-state index contributed by atoms with van der Waals surface area (Å²) in [5.74, 6) is -0.487. The van der Waals surface area contributed by atoms with Crippen molar-refractivity contribution in [1.82, 2.24) is 9.80 Å². The van der Waals surface area contributed by atoms with Crippen LogP contribution in [0, 0.1) is 5.82 Å². The summed E-state index contributed by atoms with van der Waals surface area (Å²) < 4.78 is 14.0. The maximum Gasteiger partial charge on any atom is 0.253 e. The van der Waals surface area contributed by atoms with E-state index >= 15 is 0 Å². The molecule has 1 aliphatic rings. The molecule has 2 aromatic carbocycles. The molecule has 0 spiro atoms. The minimum Gasteiger partial charge on any atom is -0.387 e. The number of carbonyl (C=O) groups excluding carboxylic acids is 1. The number of aliphatic hydroxyl groups is 1. The second-order valence-electron chi connectivity index (χ2n) is 7.14. The summed E-state index contributed by atoms with van der Waals surface area (Å²) in [5, 5.41) is 11.0. The van der Waals surface area contributed by atoms with Crippen molar-refractivity contribution in [2.24, 2.45) is 0 Å². The van der Waals surface area contributed by atoms with Gasteiger partial charge in [-0.3, -0.25) is 4.79 Å². The second-order valence-corrected chi connectivity index (χ2v) is 7.58. The number of likely N-dealkylation sites (N-methyl/N-ethyl adjacent to an activating group) is 1. The lowest BCUT2D eigenvalue weighted by Gasteiger charge is -2.26. The molecule has 4 nitrogen and oxygen atoms in total. The normalized spacial score (nSPS) is 20.0. The van der Waals surface area contributed by atoms with Crippen molar-refractivity contribution in [3.05, 3.63) is 58.9 Å². The molecule has 3 rings (SSSR count). The molecular formula is C20H22ClFN2O2. The maximum atomic E-state index is 14.0. The summed E-state index contributed by atoms with van der Waals surface area (Å²) in [6.07, 6.45) is 0.558. The summed E-state index contributed by atoms with van der Waals surface area (Å²) in [6.45, 7) is 1.35. The lowest BCUT2D eigenvalue weighted by molar-refractivity contribution is 0.0236. The van der Waals surface area contributed by atoms with Gasteiger partial charge in [0.25, 0.3) is 5.91 Å². The minimum absolute atomic E-state index is 0.127. The average Bonchev–Trinajstić information content (AvgIpc) is 2.97. The Kier molecular flexibility index (Phi) is 5.32. The van der Waals surface area contributed by atoms with Gasteiger partial charge in [0, 0.05) is 29.2 Å². The Morgan fingerprint density at radius 3 is 2.62 bits per heavy atom. The molecule has 1 atom stereocenters. The molecule has 1 fully saturated rings. The van der Waals surface area contributed by atoms with Crippen molar-refractivity contribution in [2.45, 2.75) is 12.0 Å². The highest BCUT2D eigenvalue weighted by Crippen LogP contribution is 2.28. The van der Waals surface area contributed by atoms with Crippen molar-refractivity contribution in [2.75, 3.05) is 33.7 Å². The molecule has 0 unspecified atom stereocenters. The molecule has 1 saturated heterocycles. The van der Waals surface area contributed by atoms with Crippen molar-refractivity contribution in [3.63, 3.8) is 0 Å². The summed E-state index contributed by atoms with van der Waals surface area (Å²) in [4.78, 5) is 16.3. The molecule has 1 N–H and O–H groups in total. The first-order valence-electron chi connectivity index (χ1n) is 8.49. The van der Waals surface area contributed by atoms with Gasteiger partial charge >= 0.3 is 0 Å². The maximum absolute atomic E-state index is 14.0. The van der Waals surface area contributed by atoms with Crippen molar-refractivity contribution >= 4 is 17.5 Å². The number of β-amino-alcohol motifs (C(OH)–C–C–N with tert-alkyl or cyclic N) is 1. The molecule has 1 amide bonds. The van der Waals surface area contributed by atoms with Crippen LogP contribution in [0.25, 0.3) is 11.1 Å². The quantitative estimate of drug-likeness (QED) is 0.890.